The number of nitrogens with two attached hydrogens (primary N) is 1. The van der Waals surface area contributed by atoms with E-state index in [9.17, 15) is 5.11 Å². The van der Waals surface area contributed by atoms with Crippen molar-refractivity contribution in [2.75, 3.05) is 6.54 Å². The summed E-state index contributed by atoms with van der Waals surface area (Å²) in [5, 5.41) is 10.6. The van der Waals surface area contributed by atoms with Gasteiger partial charge in [0.15, 0.2) is 0 Å². The zero-order chi connectivity index (χ0) is 15.5. The van der Waals surface area contributed by atoms with Crippen LogP contribution >= 0.6 is 0 Å². The van der Waals surface area contributed by atoms with Crippen LogP contribution in [-0.4, -0.2) is 16.6 Å². The van der Waals surface area contributed by atoms with Crippen molar-refractivity contribution < 1.29 is 5.11 Å². The minimum absolute atomic E-state index is 0.109. The topological polar surface area (TPSA) is 59.1 Å². The Bertz CT molecular complexity index is 558. The highest BCUT2D eigenvalue weighted by Gasteiger charge is 2.23. The molecule has 1 heterocycles. The maximum absolute atomic E-state index is 10.6. The lowest BCUT2D eigenvalue weighted by Crippen LogP contribution is -2.21. The monoisotopic (exact) mass is 284 g/mol. The van der Waals surface area contributed by atoms with E-state index in [1.54, 1.807) is 6.20 Å². The van der Waals surface area contributed by atoms with Crippen molar-refractivity contribution in [1.29, 1.82) is 0 Å². The van der Waals surface area contributed by atoms with E-state index in [2.05, 4.69) is 37.9 Å². The highest BCUT2D eigenvalue weighted by Crippen LogP contribution is 2.30. The van der Waals surface area contributed by atoms with E-state index in [-0.39, 0.29) is 11.3 Å². The fourth-order valence-corrected chi connectivity index (χ4v) is 2.42. The predicted octanol–water partition coefficient (Wildman–Crippen LogP) is 3.16. The smallest absolute Gasteiger partial charge is 0.0885 e. The van der Waals surface area contributed by atoms with Gasteiger partial charge in [0, 0.05) is 24.4 Å². The number of hydrogen-bond acceptors (Lipinski definition) is 3. The minimum Gasteiger partial charge on any atom is -0.388 e. The molecule has 0 aliphatic rings. The Balaban J connectivity index is 2.24. The first kappa shape index (κ1) is 15.7. The van der Waals surface area contributed by atoms with Crippen LogP contribution in [0.15, 0.2) is 48.7 Å². The first-order valence-electron chi connectivity index (χ1n) is 7.33. The first-order valence-corrected chi connectivity index (χ1v) is 7.33. The van der Waals surface area contributed by atoms with Gasteiger partial charge in [-0.2, -0.15) is 0 Å². The van der Waals surface area contributed by atoms with E-state index in [1.165, 1.54) is 5.56 Å². The maximum atomic E-state index is 10.6. The third-order valence-corrected chi connectivity index (χ3v) is 3.82. The Kier molecular flexibility index (Phi) is 4.76. The van der Waals surface area contributed by atoms with Crippen LogP contribution in [0.1, 0.15) is 49.6 Å². The summed E-state index contributed by atoms with van der Waals surface area (Å²) in [5.41, 5.74) is 8.91. The Hall–Kier alpha value is -1.71. The Morgan fingerprint density at radius 2 is 1.76 bits per heavy atom. The van der Waals surface area contributed by atoms with Crippen LogP contribution in [0, 0.1) is 0 Å². The average molecular weight is 284 g/mol. The third-order valence-electron chi connectivity index (χ3n) is 3.82. The van der Waals surface area contributed by atoms with E-state index >= 15 is 0 Å². The summed E-state index contributed by atoms with van der Waals surface area (Å²) in [6.07, 6.45) is 1.09. The highest BCUT2D eigenvalue weighted by atomic mass is 16.3. The fraction of sp³-hybridized carbons (Fsp3) is 0.389. The van der Waals surface area contributed by atoms with Gasteiger partial charge in [-0.05, 0) is 28.7 Å². The maximum Gasteiger partial charge on any atom is 0.0885 e. The zero-order valence-electron chi connectivity index (χ0n) is 13.0. The minimum atomic E-state index is -0.640. The number of pyridine rings is 1. The second kappa shape index (κ2) is 6.37. The van der Waals surface area contributed by atoms with Crippen molar-refractivity contribution in [2.45, 2.75) is 38.2 Å². The van der Waals surface area contributed by atoms with E-state index in [0.29, 0.717) is 6.54 Å². The lowest BCUT2D eigenvalue weighted by atomic mass is 9.85. The Labute approximate surface area is 126 Å². The molecule has 0 bridgehead atoms. The van der Waals surface area contributed by atoms with Gasteiger partial charge in [0.2, 0.25) is 0 Å². The summed E-state index contributed by atoms with van der Waals surface area (Å²) >= 11 is 0. The van der Waals surface area contributed by atoms with Gasteiger partial charge in [-0.1, -0.05) is 51.1 Å². The van der Waals surface area contributed by atoms with Crippen LogP contribution in [0.25, 0.3) is 0 Å². The molecule has 0 aliphatic heterocycles. The molecule has 1 aromatic carbocycles. The number of aliphatic hydroxyl groups is 1. The molecule has 3 N–H and O–H groups in total. The van der Waals surface area contributed by atoms with Gasteiger partial charge in [-0.3, -0.25) is 4.98 Å². The van der Waals surface area contributed by atoms with Crippen molar-refractivity contribution in [3.63, 3.8) is 0 Å². The van der Waals surface area contributed by atoms with E-state index in [0.717, 1.165) is 11.3 Å². The highest BCUT2D eigenvalue weighted by molar-refractivity contribution is 5.30. The second-order valence-electron chi connectivity index (χ2n) is 6.41. The lowest BCUT2D eigenvalue weighted by Gasteiger charge is -2.23. The summed E-state index contributed by atoms with van der Waals surface area (Å²) in [6.45, 7) is 6.89. The van der Waals surface area contributed by atoms with Gasteiger partial charge in [0.25, 0.3) is 0 Å². The van der Waals surface area contributed by atoms with Gasteiger partial charge >= 0.3 is 0 Å². The molecule has 1 aromatic heterocycles. The number of aromatic nitrogens is 1. The SMILES string of the molecule is CC(C)(C)c1ccc(C(O)C(CN)c2ccccn2)cc1. The van der Waals surface area contributed by atoms with Crippen molar-refractivity contribution in [1.82, 2.24) is 4.98 Å². The average Bonchev–Trinajstić information content (AvgIpc) is 2.48. The molecule has 0 saturated heterocycles. The first-order chi connectivity index (χ1) is 9.93. The molecule has 0 spiro atoms. The number of benzene rings is 1. The number of hydrogen-bond donors (Lipinski definition) is 2. The molecule has 3 nitrogen and oxygen atoms in total. The van der Waals surface area contributed by atoms with Crippen LogP contribution in [0.2, 0.25) is 0 Å². The van der Waals surface area contributed by atoms with Crippen LogP contribution in [-0.2, 0) is 5.41 Å². The van der Waals surface area contributed by atoms with Crippen LogP contribution in [0.3, 0.4) is 0 Å². The molecule has 0 radical (unpaired) electrons. The Morgan fingerprint density at radius 1 is 1.10 bits per heavy atom. The molecular formula is C18H24N2O. The number of nitrogens with zero attached hydrogens (tertiary/aromatic N) is 1. The molecule has 0 aliphatic carbocycles. The van der Waals surface area contributed by atoms with E-state index in [1.807, 2.05) is 30.3 Å². The van der Waals surface area contributed by atoms with Crippen LogP contribution < -0.4 is 5.73 Å². The summed E-state index contributed by atoms with van der Waals surface area (Å²) in [5.74, 6) is -0.188. The molecule has 2 atom stereocenters. The largest absolute Gasteiger partial charge is 0.388 e. The second-order valence-corrected chi connectivity index (χ2v) is 6.41. The molecule has 0 saturated carbocycles. The van der Waals surface area contributed by atoms with Crippen molar-refractivity contribution in [2.24, 2.45) is 5.73 Å². The fourth-order valence-electron chi connectivity index (χ4n) is 2.42. The van der Waals surface area contributed by atoms with E-state index in [4.69, 9.17) is 5.73 Å². The van der Waals surface area contributed by atoms with Gasteiger partial charge in [0.05, 0.1) is 6.10 Å². The molecule has 2 rings (SSSR count). The van der Waals surface area contributed by atoms with Gasteiger partial charge in [0.1, 0.15) is 0 Å². The summed E-state index contributed by atoms with van der Waals surface area (Å²) in [6, 6.07) is 13.8. The van der Waals surface area contributed by atoms with Crippen LogP contribution in [0.5, 0.6) is 0 Å². The van der Waals surface area contributed by atoms with Crippen molar-refractivity contribution >= 4 is 0 Å². The normalized spacial score (nSPS) is 14.7. The molecule has 3 heteroatoms. The molecule has 112 valence electrons. The summed E-state index contributed by atoms with van der Waals surface area (Å²) < 4.78 is 0. The number of aliphatic hydroxyl groups excluding tert-OH is 1. The zero-order valence-corrected chi connectivity index (χ0v) is 13.0. The Morgan fingerprint density at radius 3 is 2.24 bits per heavy atom. The molecule has 2 aromatic rings. The quantitative estimate of drug-likeness (QED) is 0.906. The third kappa shape index (κ3) is 3.69. The molecule has 2 unspecified atom stereocenters. The van der Waals surface area contributed by atoms with Gasteiger partial charge < -0.3 is 10.8 Å². The van der Waals surface area contributed by atoms with Gasteiger partial charge in [-0.25, -0.2) is 0 Å². The molecule has 21 heavy (non-hydrogen) atoms. The van der Waals surface area contributed by atoms with Gasteiger partial charge in [-0.15, -0.1) is 0 Å². The van der Waals surface area contributed by atoms with E-state index < -0.39 is 6.10 Å². The molecular weight excluding hydrogens is 260 g/mol. The van der Waals surface area contributed by atoms with Crippen LogP contribution in [0.4, 0.5) is 0 Å². The summed E-state index contributed by atoms with van der Waals surface area (Å²) in [4.78, 5) is 4.31. The lowest BCUT2D eigenvalue weighted by molar-refractivity contribution is 0.145. The van der Waals surface area contributed by atoms with Crippen molar-refractivity contribution in [3.05, 3.63) is 65.5 Å². The molecule has 0 fully saturated rings. The summed E-state index contributed by atoms with van der Waals surface area (Å²) in [7, 11) is 0. The molecule has 0 amide bonds. The van der Waals surface area contributed by atoms with Crippen molar-refractivity contribution in [3.8, 4) is 0 Å². The standard InChI is InChI=1S/C18H24N2O/c1-18(2,3)14-9-7-13(8-10-14)17(21)15(12-19)16-6-4-5-11-20-16/h4-11,15,17,21H,12,19H2,1-3H3. The number of rotatable bonds is 4. The predicted molar refractivity (Wildman–Crippen MR) is 86.1 cm³/mol.